The number of aryl methyl sites for hydroxylation is 1. The van der Waals surface area contributed by atoms with E-state index in [4.69, 9.17) is 5.73 Å². The summed E-state index contributed by atoms with van der Waals surface area (Å²) in [6.45, 7) is 0. The number of halogens is 1. The highest BCUT2D eigenvalue weighted by molar-refractivity contribution is 5.85. The molecule has 1 aromatic carbocycles. The molecule has 3 aliphatic rings. The Bertz CT molecular complexity index is 587. The van der Waals surface area contributed by atoms with Gasteiger partial charge in [-0.2, -0.15) is 0 Å². The quantitative estimate of drug-likeness (QED) is 0.894. The molecule has 2 fully saturated rings. The topological polar surface area (TPSA) is 46.3 Å². The average Bonchev–Trinajstić information content (AvgIpc) is 3.31. The second-order valence-corrected chi connectivity index (χ2v) is 7.70. The predicted molar refractivity (Wildman–Crippen MR) is 99.2 cm³/mol. The van der Waals surface area contributed by atoms with Crippen LogP contribution in [0.4, 0.5) is 0 Å². The normalized spacial score (nSPS) is 28.8. The van der Waals surface area contributed by atoms with Crippen LogP contribution < -0.4 is 5.73 Å². The molecule has 4 rings (SSSR count). The van der Waals surface area contributed by atoms with Gasteiger partial charge in [-0.1, -0.05) is 30.7 Å². The molecule has 2 saturated carbocycles. The van der Waals surface area contributed by atoms with Gasteiger partial charge in [0.15, 0.2) is 0 Å². The van der Waals surface area contributed by atoms with Crippen LogP contribution in [0.15, 0.2) is 24.3 Å². The molecule has 0 aliphatic heterocycles. The molecule has 0 heterocycles. The predicted octanol–water partition coefficient (Wildman–Crippen LogP) is 3.99. The summed E-state index contributed by atoms with van der Waals surface area (Å²) in [7, 11) is 0. The second kappa shape index (κ2) is 7.45. The van der Waals surface area contributed by atoms with E-state index in [9.17, 15) is 4.79 Å². The number of hydrogen-bond acceptors (Lipinski definition) is 2. The summed E-state index contributed by atoms with van der Waals surface area (Å²) < 4.78 is 0. The third kappa shape index (κ3) is 3.48. The van der Waals surface area contributed by atoms with Gasteiger partial charge in [0, 0.05) is 18.5 Å². The van der Waals surface area contributed by atoms with Gasteiger partial charge in [-0.05, 0) is 62.0 Å². The van der Waals surface area contributed by atoms with E-state index < -0.39 is 0 Å². The number of carbonyl (C=O) groups is 1. The summed E-state index contributed by atoms with van der Waals surface area (Å²) in [5.74, 6) is 0.763. The number of fused-ring (bicyclic) bond motifs is 1. The third-order valence-electron chi connectivity index (χ3n) is 6.06. The molecule has 0 radical (unpaired) electrons. The van der Waals surface area contributed by atoms with Crippen LogP contribution in [0.3, 0.4) is 0 Å². The Labute approximate surface area is 151 Å². The summed E-state index contributed by atoms with van der Waals surface area (Å²) in [5, 5.41) is 0. The van der Waals surface area contributed by atoms with E-state index in [1.54, 1.807) is 0 Å². The molecule has 1 amide bonds. The molecule has 3 nitrogen and oxygen atoms in total. The molecule has 0 spiro atoms. The fourth-order valence-corrected chi connectivity index (χ4v) is 4.65. The fraction of sp³-hybridized carbons (Fsp3) is 0.650. The van der Waals surface area contributed by atoms with E-state index in [-0.39, 0.29) is 18.4 Å². The number of carbonyl (C=O) groups excluding carboxylic acids is 1. The Balaban J connectivity index is 0.00000169. The van der Waals surface area contributed by atoms with Crippen molar-refractivity contribution in [2.75, 3.05) is 0 Å². The van der Waals surface area contributed by atoms with Crippen molar-refractivity contribution in [2.45, 2.75) is 75.9 Å². The highest BCUT2D eigenvalue weighted by atomic mass is 35.5. The van der Waals surface area contributed by atoms with Gasteiger partial charge in [0.1, 0.15) is 0 Å². The van der Waals surface area contributed by atoms with Gasteiger partial charge in [0.2, 0.25) is 5.91 Å². The zero-order chi connectivity index (χ0) is 15.8. The SMILES string of the molecule is Cl.N[C@@H]1CCC[C@H]1CC(=O)N(C1CC1)C1CCCc2ccccc21. The van der Waals surface area contributed by atoms with E-state index in [0.717, 1.165) is 25.7 Å². The fourth-order valence-electron chi connectivity index (χ4n) is 4.65. The number of nitrogens with two attached hydrogens (primary N) is 1. The van der Waals surface area contributed by atoms with E-state index in [0.29, 0.717) is 30.3 Å². The van der Waals surface area contributed by atoms with E-state index in [1.165, 1.54) is 36.8 Å². The summed E-state index contributed by atoms with van der Waals surface area (Å²) in [4.78, 5) is 15.4. The van der Waals surface area contributed by atoms with Crippen LogP contribution in [-0.4, -0.2) is 22.9 Å². The van der Waals surface area contributed by atoms with Crippen LogP contribution in [0.5, 0.6) is 0 Å². The van der Waals surface area contributed by atoms with Crippen molar-refractivity contribution >= 4 is 18.3 Å². The molecule has 0 aromatic heterocycles. The summed E-state index contributed by atoms with van der Waals surface area (Å²) in [5.41, 5.74) is 9.05. The minimum Gasteiger partial charge on any atom is -0.333 e. The van der Waals surface area contributed by atoms with Crippen molar-refractivity contribution in [2.24, 2.45) is 11.7 Å². The van der Waals surface area contributed by atoms with E-state index in [1.807, 2.05) is 0 Å². The van der Waals surface area contributed by atoms with Crippen molar-refractivity contribution in [3.8, 4) is 0 Å². The molecular weight excluding hydrogens is 320 g/mol. The molecule has 132 valence electrons. The van der Waals surface area contributed by atoms with Gasteiger partial charge in [0.25, 0.3) is 0 Å². The summed E-state index contributed by atoms with van der Waals surface area (Å²) in [6, 6.07) is 9.75. The Kier molecular flexibility index (Phi) is 5.51. The Morgan fingerprint density at radius 3 is 2.58 bits per heavy atom. The van der Waals surface area contributed by atoms with Crippen LogP contribution in [0.25, 0.3) is 0 Å². The van der Waals surface area contributed by atoms with Crippen LogP contribution in [-0.2, 0) is 11.2 Å². The molecule has 4 heteroatoms. The number of benzene rings is 1. The maximum absolute atomic E-state index is 13.1. The lowest BCUT2D eigenvalue weighted by Crippen LogP contribution is -2.40. The Morgan fingerprint density at radius 2 is 1.88 bits per heavy atom. The van der Waals surface area contributed by atoms with Crippen LogP contribution >= 0.6 is 12.4 Å². The van der Waals surface area contributed by atoms with E-state index >= 15 is 0 Å². The lowest BCUT2D eigenvalue weighted by Gasteiger charge is -2.37. The third-order valence-corrected chi connectivity index (χ3v) is 6.06. The number of nitrogens with zero attached hydrogens (tertiary/aromatic N) is 1. The van der Waals surface area contributed by atoms with Gasteiger partial charge < -0.3 is 10.6 Å². The van der Waals surface area contributed by atoms with Crippen molar-refractivity contribution in [1.29, 1.82) is 0 Å². The Morgan fingerprint density at radius 1 is 1.08 bits per heavy atom. The summed E-state index contributed by atoms with van der Waals surface area (Å²) >= 11 is 0. The highest BCUT2D eigenvalue weighted by Crippen LogP contribution is 2.42. The molecular formula is C20H29ClN2O. The number of hydrogen-bond donors (Lipinski definition) is 1. The minimum absolute atomic E-state index is 0. The zero-order valence-corrected chi connectivity index (χ0v) is 15.1. The maximum Gasteiger partial charge on any atom is 0.223 e. The molecule has 3 atom stereocenters. The molecule has 0 saturated heterocycles. The highest BCUT2D eigenvalue weighted by Gasteiger charge is 2.40. The van der Waals surface area contributed by atoms with Crippen LogP contribution in [0.1, 0.15) is 68.5 Å². The Hall–Kier alpha value is -1.06. The zero-order valence-electron chi connectivity index (χ0n) is 14.3. The molecule has 2 N–H and O–H groups in total. The number of amides is 1. The van der Waals surface area contributed by atoms with Crippen molar-refractivity contribution < 1.29 is 4.79 Å². The number of rotatable bonds is 4. The monoisotopic (exact) mass is 348 g/mol. The smallest absolute Gasteiger partial charge is 0.223 e. The van der Waals surface area contributed by atoms with Crippen molar-refractivity contribution in [3.05, 3.63) is 35.4 Å². The molecule has 1 aromatic rings. The minimum atomic E-state index is 0. The maximum atomic E-state index is 13.1. The van der Waals surface area contributed by atoms with E-state index in [2.05, 4.69) is 29.2 Å². The van der Waals surface area contributed by atoms with Gasteiger partial charge >= 0.3 is 0 Å². The summed E-state index contributed by atoms with van der Waals surface area (Å²) in [6.07, 6.45) is 9.91. The second-order valence-electron chi connectivity index (χ2n) is 7.70. The first-order valence-electron chi connectivity index (χ1n) is 9.38. The van der Waals surface area contributed by atoms with Gasteiger partial charge in [-0.15, -0.1) is 12.4 Å². The van der Waals surface area contributed by atoms with Crippen molar-refractivity contribution in [3.63, 3.8) is 0 Å². The molecule has 0 bridgehead atoms. The van der Waals surface area contributed by atoms with Crippen LogP contribution in [0.2, 0.25) is 0 Å². The van der Waals surface area contributed by atoms with Gasteiger partial charge in [-0.3, -0.25) is 4.79 Å². The lowest BCUT2D eigenvalue weighted by atomic mass is 9.86. The van der Waals surface area contributed by atoms with Crippen LogP contribution in [0, 0.1) is 5.92 Å². The van der Waals surface area contributed by atoms with Crippen molar-refractivity contribution in [1.82, 2.24) is 4.90 Å². The first-order valence-corrected chi connectivity index (χ1v) is 9.38. The van der Waals surface area contributed by atoms with Gasteiger partial charge in [0.05, 0.1) is 6.04 Å². The molecule has 3 aliphatic carbocycles. The first kappa shape index (κ1) is 17.8. The molecule has 1 unspecified atom stereocenters. The average molecular weight is 349 g/mol. The molecule has 24 heavy (non-hydrogen) atoms. The van der Waals surface area contributed by atoms with Gasteiger partial charge in [-0.25, -0.2) is 0 Å². The first-order chi connectivity index (χ1) is 11.2. The standard InChI is InChI=1S/C20H28N2O.ClH/c21-18-9-3-7-15(18)13-20(23)22(16-11-12-16)19-10-4-6-14-5-1-2-8-17(14)19;/h1-2,5,8,15-16,18-19H,3-4,6-7,9-13,21H2;1H/t15-,18+,19?;/m0./s1. The lowest BCUT2D eigenvalue weighted by molar-refractivity contribution is -0.135. The largest absolute Gasteiger partial charge is 0.333 e.